The van der Waals surface area contributed by atoms with Crippen LogP contribution in [0.3, 0.4) is 0 Å². The van der Waals surface area contributed by atoms with Gasteiger partial charge >= 0.3 is 0 Å². The van der Waals surface area contributed by atoms with Crippen molar-refractivity contribution in [3.63, 3.8) is 0 Å². The molecule has 3 nitrogen and oxygen atoms in total. The highest BCUT2D eigenvalue weighted by atomic mass is 32.2. The number of benzene rings is 1. The number of nitrogens with one attached hydrogen (secondary N) is 1. The van der Waals surface area contributed by atoms with Crippen LogP contribution in [0.2, 0.25) is 0 Å². The van der Waals surface area contributed by atoms with Gasteiger partial charge in [0.1, 0.15) is 0 Å². The van der Waals surface area contributed by atoms with E-state index in [0.29, 0.717) is 11.8 Å². The number of fused-ring (bicyclic) bond motifs is 2. The number of hydrogen-bond donors (Lipinski definition) is 2. The molecule has 2 fully saturated rings. The molecule has 1 aromatic rings. The first-order valence-corrected chi connectivity index (χ1v) is 9.02. The molecule has 21 heavy (non-hydrogen) atoms. The quantitative estimate of drug-likeness (QED) is 0.841. The molecule has 1 aromatic carbocycles. The highest BCUT2D eigenvalue weighted by Gasteiger charge is 2.49. The van der Waals surface area contributed by atoms with Crippen molar-refractivity contribution in [3.05, 3.63) is 29.8 Å². The number of hydrogen-bond acceptors (Lipinski definition) is 3. The fourth-order valence-electron chi connectivity index (χ4n) is 4.01. The number of carbonyl (C=O) groups excluding carboxylic acids is 1. The van der Waals surface area contributed by atoms with Crippen molar-refractivity contribution >= 4 is 17.7 Å². The lowest BCUT2D eigenvalue weighted by atomic mass is 9.84. The smallest absolute Gasteiger partial charge is 0.225 e. The van der Waals surface area contributed by atoms with Crippen LogP contribution < -0.4 is 11.1 Å². The van der Waals surface area contributed by atoms with Crippen LogP contribution in [0.25, 0.3) is 0 Å². The van der Waals surface area contributed by atoms with Gasteiger partial charge < -0.3 is 11.1 Å². The Balaban J connectivity index is 1.64. The van der Waals surface area contributed by atoms with Gasteiger partial charge in [-0.1, -0.05) is 12.1 Å². The number of nitrogens with two attached hydrogens (primary N) is 1. The van der Waals surface area contributed by atoms with E-state index in [1.165, 1.54) is 17.7 Å². The van der Waals surface area contributed by atoms with Crippen LogP contribution >= 0.6 is 11.8 Å². The molecule has 2 aliphatic carbocycles. The van der Waals surface area contributed by atoms with Crippen molar-refractivity contribution in [3.8, 4) is 0 Å². The van der Waals surface area contributed by atoms with Gasteiger partial charge in [0.2, 0.25) is 5.91 Å². The molecular weight excluding hydrogens is 280 g/mol. The molecule has 114 valence electrons. The fourth-order valence-corrected chi connectivity index (χ4v) is 4.42. The van der Waals surface area contributed by atoms with Gasteiger partial charge in [0.25, 0.3) is 0 Å². The average molecular weight is 304 g/mol. The minimum absolute atomic E-state index is 0.0247. The van der Waals surface area contributed by atoms with Gasteiger partial charge in [0.15, 0.2) is 0 Å². The van der Waals surface area contributed by atoms with Gasteiger partial charge in [-0.15, -0.1) is 11.8 Å². The molecule has 0 aliphatic heterocycles. The van der Waals surface area contributed by atoms with Gasteiger partial charge in [-0.25, -0.2) is 0 Å². The summed E-state index contributed by atoms with van der Waals surface area (Å²) in [7, 11) is 0. The SMILES string of the molecule is CSc1ccc(C(C)NC(=O)C2C3CCC(C3)C2N)cc1. The van der Waals surface area contributed by atoms with Gasteiger partial charge in [0.05, 0.1) is 12.0 Å². The largest absolute Gasteiger partial charge is 0.349 e. The lowest BCUT2D eigenvalue weighted by Gasteiger charge is -2.28. The van der Waals surface area contributed by atoms with Crippen LogP contribution in [0.5, 0.6) is 0 Å². The molecule has 0 saturated heterocycles. The maximum absolute atomic E-state index is 12.6. The minimum Gasteiger partial charge on any atom is -0.349 e. The topological polar surface area (TPSA) is 55.1 Å². The number of amides is 1. The summed E-state index contributed by atoms with van der Waals surface area (Å²) in [6.07, 6.45) is 5.60. The predicted molar refractivity (Wildman–Crippen MR) is 87.1 cm³/mol. The van der Waals surface area contributed by atoms with E-state index >= 15 is 0 Å². The standard InChI is InChI=1S/C17H24N2OS/c1-10(11-5-7-14(21-2)8-6-11)19-17(20)15-12-3-4-13(9-12)16(15)18/h5-8,10,12-13,15-16H,3-4,9,18H2,1-2H3,(H,19,20). The molecule has 0 aromatic heterocycles. The lowest BCUT2D eigenvalue weighted by Crippen LogP contribution is -2.45. The average Bonchev–Trinajstić information content (AvgIpc) is 3.08. The number of carbonyl (C=O) groups is 1. The monoisotopic (exact) mass is 304 g/mol. The molecule has 2 saturated carbocycles. The molecule has 0 heterocycles. The summed E-state index contributed by atoms with van der Waals surface area (Å²) in [4.78, 5) is 13.8. The molecule has 2 aliphatic rings. The van der Waals surface area contributed by atoms with E-state index < -0.39 is 0 Å². The predicted octanol–water partition coefficient (Wildman–Crippen LogP) is 2.96. The fraction of sp³-hybridized carbons (Fsp3) is 0.588. The molecule has 5 atom stereocenters. The summed E-state index contributed by atoms with van der Waals surface area (Å²) >= 11 is 1.73. The molecular formula is C17H24N2OS. The third-order valence-electron chi connectivity index (χ3n) is 5.26. The van der Waals surface area contributed by atoms with Crippen LogP contribution in [0.4, 0.5) is 0 Å². The molecule has 5 unspecified atom stereocenters. The third kappa shape index (κ3) is 2.84. The van der Waals surface area contributed by atoms with E-state index in [4.69, 9.17) is 5.73 Å². The first kappa shape index (κ1) is 14.9. The molecule has 1 amide bonds. The number of rotatable bonds is 4. The Morgan fingerprint density at radius 3 is 2.52 bits per heavy atom. The molecule has 0 radical (unpaired) electrons. The molecule has 3 rings (SSSR count). The minimum atomic E-state index is 0.0247. The van der Waals surface area contributed by atoms with E-state index in [0.717, 1.165) is 12.0 Å². The Kier molecular flexibility index (Phi) is 4.27. The van der Waals surface area contributed by atoms with Gasteiger partial charge in [0, 0.05) is 10.9 Å². The summed E-state index contributed by atoms with van der Waals surface area (Å²) < 4.78 is 0. The maximum Gasteiger partial charge on any atom is 0.225 e. The van der Waals surface area contributed by atoms with Crippen molar-refractivity contribution in [2.75, 3.05) is 6.26 Å². The van der Waals surface area contributed by atoms with Crippen molar-refractivity contribution in [2.45, 2.75) is 43.2 Å². The van der Waals surface area contributed by atoms with Crippen LogP contribution in [0.1, 0.15) is 37.8 Å². The normalized spacial score (nSPS) is 32.1. The number of thioether (sulfide) groups is 1. The summed E-state index contributed by atoms with van der Waals surface area (Å²) in [5, 5.41) is 3.17. The Hall–Kier alpha value is -1.00. The Morgan fingerprint density at radius 2 is 1.95 bits per heavy atom. The first-order chi connectivity index (χ1) is 10.1. The molecule has 3 N–H and O–H groups in total. The zero-order valence-corrected chi connectivity index (χ0v) is 13.5. The van der Waals surface area contributed by atoms with E-state index in [9.17, 15) is 4.79 Å². The summed E-state index contributed by atoms with van der Waals surface area (Å²) in [5.74, 6) is 1.26. The van der Waals surface area contributed by atoms with Crippen LogP contribution in [-0.4, -0.2) is 18.2 Å². The van der Waals surface area contributed by atoms with E-state index in [2.05, 4.69) is 35.8 Å². The molecule has 4 heteroatoms. The van der Waals surface area contributed by atoms with E-state index in [1.54, 1.807) is 11.8 Å². The highest BCUT2D eigenvalue weighted by Crippen LogP contribution is 2.47. The van der Waals surface area contributed by atoms with Gasteiger partial charge in [-0.05, 0) is 62.0 Å². The second-order valence-electron chi connectivity index (χ2n) is 6.44. The Bertz CT molecular complexity index is 514. The summed E-state index contributed by atoms with van der Waals surface area (Å²) in [6, 6.07) is 8.50. The van der Waals surface area contributed by atoms with Crippen molar-refractivity contribution in [2.24, 2.45) is 23.5 Å². The lowest BCUT2D eigenvalue weighted by molar-refractivity contribution is -0.127. The van der Waals surface area contributed by atoms with Crippen LogP contribution in [0.15, 0.2) is 29.2 Å². The molecule has 2 bridgehead atoms. The van der Waals surface area contributed by atoms with Crippen molar-refractivity contribution in [1.29, 1.82) is 0 Å². The van der Waals surface area contributed by atoms with Crippen LogP contribution in [0, 0.1) is 17.8 Å². The van der Waals surface area contributed by atoms with Gasteiger partial charge in [-0.2, -0.15) is 0 Å². The van der Waals surface area contributed by atoms with Crippen molar-refractivity contribution < 1.29 is 4.79 Å². The maximum atomic E-state index is 12.6. The zero-order valence-electron chi connectivity index (χ0n) is 12.7. The third-order valence-corrected chi connectivity index (χ3v) is 6.00. The molecule has 0 spiro atoms. The second kappa shape index (κ2) is 6.01. The van der Waals surface area contributed by atoms with Crippen molar-refractivity contribution in [1.82, 2.24) is 5.32 Å². The van der Waals surface area contributed by atoms with E-state index in [1.807, 2.05) is 6.92 Å². The summed E-state index contributed by atoms with van der Waals surface area (Å²) in [6.45, 7) is 2.05. The van der Waals surface area contributed by atoms with Crippen LogP contribution in [-0.2, 0) is 4.79 Å². The highest BCUT2D eigenvalue weighted by molar-refractivity contribution is 7.98. The van der Waals surface area contributed by atoms with Gasteiger partial charge in [-0.3, -0.25) is 4.79 Å². The Morgan fingerprint density at radius 1 is 1.29 bits per heavy atom. The Labute approximate surface area is 131 Å². The zero-order chi connectivity index (χ0) is 15.0. The first-order valence-electron chi connectivity index (χ1n) is 7.80. The summed E-state index contributed by atoms with van der Waals surface area (Å²) in [5.41, 5.74) is 7.40. The van der Waals surface area contributed by atoms with E-state index in [-0.39, 0.29) is 23.9 Å². The second-order valence-corrected chi connectivity index (χ2v) is 7.32.